The minimum absolute atomic E-state index is 0.699. The van der Waals surface area contributed by atoms with Gasteiger partial charge in [-0.2, -0.15) is 4.98 Å². The molecular weight excluding hydrogens is 282 g/mol. The number of thiophene rings is 1. The molecule has 0 saturated heterocycles. The standard InChI is InChI=1S/C15H25N5S/c1-6-7-20(9-8-19(4)5)13-12-10-11(2)21-14(12)18-15(16-3)17-13/h10H,6-9H2,1-5H3,(H,16,17,18). The van der Waals surface area contributed by atoms with Crippen LogP contribution < -0.4 is 10.2 Å². The van der Waals surface area contributed by atoms with E-state index < -0.39 is 0 Å². The zero-order valence-electron chi connectivity index (χ0n) is 13.6. The smallest absolute Gasteiger partial charge is 0.225 e. The highest BCUT2D eigenvalue weighted by Crippen LogP contribution is 2.31. The number of nitrogens with one attached hydrogen (secondary N) is 1. The molecule has 0 radical (unpaired) electrons. The van der Waals surface area contributed by atoms with E-state index in [1.807, 2.05) is 7.05 Å². The molecular formula is C15H25N5S. The molecule has 6 heteroatoms. The maximum absolute atomic E-state index is 4.72. The van der Waals surface area contributed by atoms with Crippen molar-refractivity contribution in [2.75, 3.05) is 51.0 Å². The quantitative estimate of drug-likeness (QED) is 0.852. The monoisotopic (exact) mass is 307 g/mol. The molecule has 0 bridgehead atoms. The maximum atomic E-state index is 4.72. The van der Waals surface area contributed by atoms with E-state index in [4.69, 9.17) is 4.98 Å². The predicted molar refractivity (Wildman–Crippen MR) is 92.8 cm³/mol. The van der Waals surface area contributed by atoms with Crippen molar-refractivity contribution in [1.82, 2.24) is 14.9 Å². The molecule has 0 amide bonds. The Morgan fingerprint density at radius 3 is 2.57 bits per heavy atom. The van der Waals surface area contributed by atoms with Gasteiger partial charge in [0.25, 0.3) is 0 Å². The first-order chi connectivity index (χ1) is 10.0. The molecule has 0 aromatic carbocycles. The van der Waals surface area contributed by atoms with Gasteiger partial charge in [0.1, 0.15) is 10.6 Å². The van der Waals surface area contributed by atoms with E-state index in [1.165, 1.54) is 10.3 Å². The third kappa shape index (κ3) is 3.83. The predicted octanol–water partition coefficient (Wildman–Crippen LogP) is 2.82. The summed E-state index contributed by atoms with van der Waals surface area (Å²) in [7, 11) is 6.08. The van der Waals surface area contributed by atoms with Crippen LogP contribution in [-0.4, -0.2) is 55.6 Å². The van der Waals surface area contributed by atoms with Crippen LogP contribution in [0.15, 0.2) is 6.07 Å². The number of hydrogen-bond acceptors (Lipinski definition) is 6. The van der Waals surface area contributed by atoms with Gasteiger partial charge in [0.2, 0.25) is 5.95 Å². The van der Waals surface area contributed by atoms with Gasteiger partial charge >= 0.3 is 0 Å². The Labute approximate surface area is 131 Å². The van der Waals surface area contributed by atoms with Crippen molar-refractivity contribution in [2.24, 2.45) is 0 Å². The van der Waals surface area contributed by atoms with E-state index in [9.17, 15) is 0 Å². The largest absolute Gasteiger partial charge is 0.357 e. The zero-order valence-corrected chi connectivity index (χ0v) is 14.4. The fourth-order valence-electron chi connectivity index (χ4n) is 2.29. The molecule has 2 heterocycles. The third-order valence-corrected chi connectivity index (χ3v) is 4.27. The van der Waals surface area contributed by atoms with E-state index >= 15 is 0 Å². The number of aromatic nitrogens is 2. The highest BCUT2D eigenvalue weighted by atomic mass is 32.1. The number of hydrogen-bond donors (Lipinski definition) is 1. The zero-order chi connectivity index (χ0) is 15.4. The van der Waals surface area contributed by atoms with Crippen molar-refractivity contribution in [3.05, 3.63) is 10.9 Å². The highest BCUT2D eigenvalue weighted by Gasteiger charge is 2.16. The fraction of sp³-hybridized carbons (Fsp3) is 0.600. The van der Waals surface area contributed by atoms with Gasteiger partial charge in [0.15, 0.2) is 0 Å². The van der Waals surface area contributed by atoms with Gasteiger partial charge < -0.3 is 15.1 Å². The van der Waals surface area contributed by atoms with Gasteiger partial charge in [-0.05, 0) is 33.5 Å². The van der Waals surface area contributed by atoms with E-state index in [2.05, 4.69) is 54.1 Å². The molecule has 21 heavy (non-hydrogen) atoms. The summed E-state index contributed by atoms with van der Waals surface area (Å²) in [6.07, 6.45) is 1.11. The molecule has 0 spiro atoms. The molecule has 0 aliphatic rings. The van der Waals surface area contributed by atoms with Crippen molar-refractivity contribution in [3.63, 3.8) is 0 Å². The van der Waals surface area contributed by atoms with Crippen molar-refractivity contribution >= 4 is 33.3 Å². The van der Waals surface area contributed by atoms with Gasteiger partial charge in [-0.25, -0.2) is 4.98 Å². The number of fused-ring (bicyclic) bond motifs is 1. The number of rotatable bonds is 7. The van der Waals surface area contributed by atoms with Crippen LogP contribution in [-0.2, 0) is 0 Å². The van der Waals surface area contributed by atoms with Crippen LogP contribution in [0.25, 0.3) is 10.2 Å². The van der Waals surface area contributed by atoms with Gasteiger partial charge in [0.05, 0.1) is 5.39 Å². The van der Waals surface area contributed by atoms with E-state index in [0.29, 0.717) is 5.95 Å². The van der Waals surface area contributed by atoms with Crippen LogP contribution >= 0.6 is 11.3 Å². The Hall–Kier alpha value is -1.40. The van der Waals surface area contributed by atoms with Crippen molar-refractivity contribution in [3.8, 4) is 0 Å². The topological polar surface area (TPSA) is 44.3 Å². The molecule has 0 fully saturated rings. The molecule has 0 aliphatic heterocycles. The van der Waals surface area contributed by atoms with Crippen LogP contribution in [0.5, 0.6) is 0 Å². The third-order valence-electron chi connectivity index (χ3n) is 3.33. The normalized spacial score (nSPS) is 11.3. The molecule has 0 aliphatic carbocycles. The Balaban J connectivity index is 2.43. The number of anilines is 2. The minimum atomic E-state index is 0.699. The van der Waals surface area contributed by atoms with Crippen molar-refractivity contribution in [1.29, 1.82) is 0 Å². The number of nitrogens with zero attached hydrogens (tertiary/aromatic N) is 4. The van der Waals surface area contributed by atoms with Crippen LogP contribution in [0, 0.1) is 6.92 Å². The van der Waals surface area contributed by atoms with E-state index in [0.717, 1.165) is 36.7 Å². The molecule has 0 atom stereocenters. The minimum Gasteiger partial charge on any atom is -0.357 e. The first-order valence-corrected chi connectivity index (χ1v) is 8.22. The second kappa shape index (κ2) is 7.04. The van der Waals surface area contributed by atoms with Crippen LogP contribution in [0.3, 0.4) is 0 Å². The maximum Gasteiger partial charge on any atom is 0.225 e. The summed E-state index contributed by atoms with van der Waals surface area (Å²) in [5, 5.41) is 4.25. The average molecular weight is 307 g/mol. The van der Waals surface area contributed by atoms with Crippen molar-refractivity contribution in [2.45, 2.75) is 20.3 Å². The summed E-state index contributed by atoms with van der Waals surface area (Å²) in [4.78, 5) is 16.2. The second-order valence-electron chi connectivity index (χ2n) is 5.49. The summed E-state index contributed by atoms with van der Waals surface area (Å²) in [5.41, 5.74) is 0. The lowest BCUT2D eigenvalue weighted by Crippen LogP contribution is -2.33. The van der Waals surface area contributed by atoms with Gasteiger partial charge in [-0.1, -0.05) is 6.92 Å². The Kier molecular flexibility index (Phi) is 5.36. The Bertz CT molecular complexity index is 593. The lowest BCUT2D eigenvalue weighted by molar-refractivity contribution is 0.412. The van der Waals surface area contributed by atoms with Crippen LogP contribution in [0.4, 0.5) is 11.8 Å². The number of likely N-dealkylation sites (N-methyl/N-ethyl adjacent to an activating group) is 1. The Morgan fingerprint density at radius 1 is 1.19 bits per heavy atom. The molecule has 5 nitrogen and oxygen atoms in total. The summed E-state index contributed by atoms with van der Waals surface area (Å²) >= 11 is 1.73. The molecule has 116 valence electrons. The van der Waals surface area contributed by atoms with Crippen LogP contribution in [0.1, 0.15) is 18.2 Å². The SMILES string of the molecule is CCCN(CCN(C)C)c1nc(NC)nc2sc(C)cc12. The summed E-state index contributed by atoms with van der Waals surface area (Å²) in [5.74, 6) is 1.75. The fourth-order valence-corrected chi connectivity index (χ4v) is 3.17. The second-order valence-corrected chi connectivity index (χ2v) is 6.72. The number of aryl methyl sites for hydroxylation is 1. The summed E-state index contributed by atoms with van der Waals surface area (Å²) in [6, 6.07) is 2.20. The molecule has 0 unspecified atom stereocenters. The van der Waals surface area contributed by atoms with Gasteiger partial charge in [0, 0.05) is 31.6 Å². The highest BCUT2D eigenvalue weighted by molar-refractivity contribution is 7.18. The first-order valence-electron chi connectivity index (χ1n) is 7.40. The molecule has 2 aromatic rings. The van der Waals surface area contributed by atoms with Crippen LogP contribution in [0.2, 0.25) is 0 Å². The average Bonchev–Trinajstić information content (AvgIpc) is 2.82. The molecule has 1 N–H and O–H groups in total. The summed E-state index contributed by atoms with van der Waals surface area (Å²) in [6.45, 7) is 7.34. The van der Waals surface area contributed by atoms with E-state index in [1.54, 1.807) is 11.3 Å². The first kappa shape index (κ1) is 16.0. The lowest BCUT2D eigenvalue weighted by Gasteiger charge is -2.25. The van der Waals surface area contributed by atoms with Gasteiger partial charge in [-0.3, -0.25) is 0 Å². The lowest BCUT2D eigenvalue weighted by atomic mass is 10.3. The molecule has 2 aromatic heterocycles. The molecule has 0 saturated carbocycles. The summed E-state index contributed by atoms with van der Waals surface area (Å²) < 4.78 is 0. The Morgan fingerprint density at radius 2 is 1.95 bits per heavy atom. The van der Waals surface area contributed by atoms with Crippen molar-refractivity contribution < 1.29 is 0 Å². The van der Waals surface area contributed by atoms with E-state index in [-0.39, 0.29) is 0 Å². The molecule has 2 rings (SSSR count). The van der Waals surface area contributed by atoms with Gasteiger partial charge in [-0.15, -0.1) is 11.3 Å².